The quantitative estimate of drug-likeness (QED) is 0.335. The van der Waals surface area contributed by atoms with E-state index in [0.29, 0.717) is 11.3 Å². The van der Waals surface area contributed by atoms with Gasteiger partial charge in [0.25, 0.3) is 5.91 Å². The lowest BCUT2D eigenvalue weighted by atomic mass is 10.2. The standard InChI is InChI=1S/C16H12ClN7O3/c17-13-11(7-4-8-18-13)21-14-12(24(26)27)15(20-9-19-14)22-23-16(25)10-5-2-1-3-6-10/h1-9H,(H,23,25)(H2,19,20,21,22). The molecule has 3 aromatic rings. The number of benzene rings is 1. The summed E-state index contributed by atoms with van der Waals surface area (Å²) in [5, 5.41) is 14.4. The van der Waals surface area contributed by atoms with Crippen molar-refractivity contribution in [2.24, 2.45) is 0 Å². The predicted octanol–water partition coefficient (Wildman–Crippen LogP) is 2.93. The van der Waals surface area contributed by atoms with Crippen molar-refractivity contribution < 1.29 is 9.72 Å². The average Bonchev–Trinajstić information content (AvgIpc) is 2.68. The zero-order valence-electron chi connectivity index (χ0n) is 13.6. The van der Waals surface area contributed by atoms with Crippen molar-refractivity contribution in [1.29, 1.82) is 0 Å². The van der Waals surface area contributed by atoms with E-state index in [4.69, 9.17) is 11.6 Å². The number of nitrogens with zero attached hydrogens (tertiary/aromatic N) is 4. The Labute approximate surface area is 157 Å². The monoisotopic (exact) mass is 385 g/mol. The van der Waals surface area contributed by atoms with Crippen LogP contribution in [0.4, 0.5) is 23.0 Å². The van der Waals surface area contributed by atoms with Crippen LogP contribution in [0.3, 0.4) is 0 Å². The number of carbonyl (C=O) groups excluding carboxylic acids is 1. The van der Waals surface area contributed by atoms with Crippen molar-refractivity contribution in [3.8, 4) is 0 Å². The van der Waals surface area contributed by atoms with E-state index in [1.165, 1.54) is 6.20 Å². The second kappa shape index (κ2) is 8.06. The maximum Gasteiger partial charge on any atom is 0.355 e. The number of anilines is 3. The summed E-state index contributed by atoms with van der Waals surface area (Å²) >= 11 is 5.96. The number of halogens is 1. The van der Waals surface area contributed by atoms with Gasteiger partial charge in [-0.1, -0.05) is 29.8 Å². The number of amides is 1. The third-order valence-corrected chi connectivity index (χ3v) is 3.65. The van der Waals surface area contributed by atoms with Crippen molar-refractivity contribution in [3.05, 3.63) is 75.8 Å². The van der Waals surface area contributed by atoms with Gasteiger partial charge >= 0.3 is 5.69 Å². The van der Waals surface area contributed by atoms with Gasteiger partial charge in [0.2, 0.25) is 11.6 Å². The fourth-order valence-corrected chi connectivity index (χ4v) is 2.29. The Morgan fingerprint density at radius 2 is 1.78 bits per heavy atom. The van der Waals surface area contributed by atoms with Crippen molar-refractivity contribution in [1.82, 2.24) is 20.4 Å². The second-order valence-corrected chi connectivity index (χ2v) is 5.45. The highest BCUT2D eigenvalue weighted by Gasteiger charge is 2.24. The van der Waals surface area contributed by atoms with Gasteiger partial charge in [-0.25, -0.2) is 15.0 Å². The average molecular weight is 386 g/mol. The summed E-state index contributed by atoms with van der Waals surface area (Å²) in [6, 6.07) is 11.6. The number of nitro groups is 1. The Hall–Kier alpha value is -3.79. The summed E-state index contributed by atoms with van der Waals surface area (Å²) in [5.74, 6) is -0.781. The van der Waals surface area contributed by atoms with E-state index < -0.39 is 16.5 Å². The summed E-state index contributed by atoms with van der Waals surface area (Å²) < 4.78 is 0. The Morgan fingerprint density at radius 1 is 1.04 bits per heavy atom. The molecule has 0 aliphatic carbocycles. The molecule has 3 N–H and O–H groups in total. The van der Waals surface area contributed by atoms with Crippen LogP contribution >= 0.6 is 11.6 Å². The van der Waals surface area contributed by atoms with Gasteiger partial charge in [-0.05, 0) is 24.3 Å². The number of nitrogens with one attached hydrogen (secondary N) is 3. The fourth-order valence-electron chi connectivity index (χ4n) is 2.12. The van der Waals surface area contributed by atoms with E-state index in [-0.39, 0.29) is 16.8 Å². The molecule has 0 saturated carbocycles. The van der Waals surface area contributed by atoms with Gasteiger partial charge in [-0.15, -0.1) is 0 Å². The van der Waals surface area contributed by atoms with E-state index in [1.807, 2.05) is 0 Å². The number of carbonyl (C=O) groups is 1. The van der Waals surface area contributed by atoms with Crippen LogP contribution in [-0.2, 0) is 0 Å². The van der Waals surface area contributed by atoms with Gasteiger partial charge in [0.05, 0.1) is 10.6 Å². The molecule has 0 aliphatic heterocycles. The molecular weight excluding hydrogens is 374 g/mol. The van der Waals surface area contributed by atoms with Crippen molar-refractivity contribution >= 4 is 40.5 Å². The van der Waals surface area contributed by atoms with Crippen LogP contribution in [0.25, 0.3) is 0 Å². The molecule has 27 heavy (non-hydrogen) atoms. The molecule has 1 amide bonds. The molecule has 2 aromatic heterocycles. The normalized spacial score (nSPS) is 10.1. The largest absolute Gasteiger partial charge is 0.355 e. The summed E-state index contributed by atoms with van der Waals surface area (Å²) in [6.45, 7) is 0. The molecule has 10 nitrogen and oxygen atoms in total. The lowest BCUT2D eigenvalue weighted by molar-refractivity contribution is -0.383. The van der Waals surface area contributed by atoms with Crippen molar-refractivity contribution in [2.45, 2.75) is 0 Å². The molecule has 0 aliphatic rings. The third kappa shape index (κ3) is 4.25. The molecule has 11 heteroatoms. The molecule has 0 unspecified atom stereocenters. The number of rotatable bonds is 6. The summed E-state index contributed by atoms with van der Waals surface area (Å²) in [6.07, 6.45) is 2.59. The molecule has 136 valence electrons. The van der Waals surface area contributed by atoms with E-state index in [2.05, 4.69) is 31.1 Å². The van der Waals surface area contributed by atoms with Crippen LogP contribution in [0, 0.1) is 10.1 Å². The van der Waals surface area contributed by atoms with Crippen LogP contribution < -0.4 is 16.2 Å². The zero-order valence-corrected chi connectivity index (χ0v) is 14.3. The molecular formula is C16H12ClN7O3. The molecule has 0 fully saturated rings. The minimum absolute atomic E-state index is 0.110. The molecule has 1 aromatic carbocycles. The van der Waals surface area contributed by atoms with Crippen LogP contribution in [0.1, 0.15) is 10.4 Å². The summed E-state index contributed by atoms with van der Waals surface area (Å²) in [5.41, 5.74) is 5.06. The van der Waals surface area contributed by atoms with Crippen LogP contribution in [0.2, 0.25) is 5.15 Å². The van der Waals surface area contributed by atoms with Crippen LogP contribution in [-0.4, -0.2) is 25.8 Å². The third-order valence-electron chi connectivity index (χ3n) is 3.35. The first kappa shape index (κ1) is 18.0. The fraction of sp³-hybridized carbons (Fsp3) is 0. The predicted molar refractivity (Wildman–Crippen MR) is 98.7 cm³/mol. The van der Waals surface area contributed by atoms with Gasteiger partial charge in [0.1, 0.15) is 6.33 Å². The molecule has 0 bridgehead atoms. The lowest BCUT2D eigenvalue weighted by Crippen LogP contribution is -2.30. The Bertz CT molecular complexity index is 985. The maximum absolute atomic E-state index is 12.1. The highest BCUT2D eigenvalue weighted by molar-refractivity contribution is 6.32. The van der Waals surface area contributed by atoms with Gasteiger partial charge in [-0.3, -0.25) is 25.8 Å². The summed E-state index contributed by atoms with van der Waals surface area (Å²) in [4.78, 5) is 34.5. The van der Waals surface area contributed by atoms with Crippen molar-refractivity contribution in [3.63, 3.8) is 0 Å². The topological polar surface area (TPSA) is 135 Å². The smallest absolute Gasteiger partial charge is 0.332 e. The van der Waals surface area contributed by atoms with E-state index in [9.17, 15) is 14.9 Å². The minimum Gasteiger partial charge on any atom is -0.332 e. The van der Waals surface area contributed by atoms with Crippen LogP contribution in [0.5, 0.6) is 0 Å². The summed E-state index contributed by atoms with van der Waals surface area (Å²) in [7, 11) is 0. The van der Waals surface area contributed by atoms with Crippen LogP contribution in [0.15, 0.2) is 55.0 Å². The van der Waals surface area contributed by atoms with Gasteiger partial charge in [-0.2, -0.15) is 0 Å². The molecule has 0 radical (unpaired) electrons. The number of hydrazine groups is 1. The number of aromatic nitrogens is 3. The zero-order chi connectivity index (χ0) is 19.2. The first-order chi connectivity index (χ1) is 13.1. The first-order valence-corrected chi connectivity index (χ1v) is 7.92. The molecule has 0 atom stereocenters. The number of hydrogen-bond donors (Lipinski definition) is 3. The minimum atomic E-state index is -0.677. The van der Waals surface area contributed by atoms with E-state index in [1.54, 1.807) is 42.5 Å². The molecule has 0 saturated heterocycles. The molecule has 3 rings (SSSR count). The first-order valence-electron chi connectivity index (χ1n) is 7.54. The van der Waals surface area contributed by atoms with Gasteiger partial charge in [0.15, 0.2) is 5.15 Å². The highest BCUT2D eigenvalue weighted by Crippen LogP contribution is 2.32. The Morgan fingerprint density at radius 3 is 2.48 bits per heavy atom. The van der Waals surface area contributed by atoms with E-state index >= 15 is 0 Å². The number of pyridine rings is 1. The Kier molecular flexibility index (Phi) is 5.38. The lowest BCUT2D eigenvalue weighted by Gasteiger charge is -2.11. The van der Waals surface area contributed by atoms with Gasteiger partial charge in [0, 0.05) is 11.8 Å². The molecule has 2 heterocycles. The molecule has 0 spiro atoms. The van der Waals surface area contributed by atoms with E-state index in [0.717, 1.165) is 6.33 Å². The van der Waals surface area contributed by atoms with Crippen molar-refractivity contribution in [2.75, 3.05) is 10.7 Å². The second-order valence-electron chi connectivity index (χ2n) is 5.09. The SMILES string of the molecule is O=C(NNc1ncnc(Nc2cccnc2Cl)c1[N+](=O)[O-])c1ccccc1. The Balaban J connectivity index is 1.84. The van der Waals surface area contributed by atoms with Gasteiger partial charge < -0.3 is 5.32 Å². The number of hydrogen-bond acceptors (Lipinski definition) is 8. The maximum atomic E-state index is 12.1. The highest BCUT2D eigenvalue weighted by atomic mass is 35.5.